The molecule has 3 unspecified atom stereocenters. The van der Waals surface area contributed by atoms with Crippen molar-refractivity contribution >= 4 is 5.97 Å². The molecule has 1 saturated heterocycles. The molecule has 0 bridgehead atoms. The number of rotatable bonds is 5. The van der Waals surface area contributed by atoms with E-state index in [0.717, 1.165) is 25.1 Å². The lowest BCUT2D eigenvalue weighted by molar-refractivity contribution is -0.183. The van der Waals surface area contributed by atoms with Crippen LogP contribution in [0.2, 0.25) is 0 Å². The number of nitrogens with zero attached hydrogens (tertiary/aromatic N) is 1. The van der Waals surface area contributed by atoms with E-state index in [4.69, 9.17) is 4.74 Å². The number of aliphatic hydroxyl groups excluding tert-OH is 2. The summed E-state index contributed by atoms with van der Waals surface area (Å²) in [5.41, 5.74) is -1.04. The van der Waals surface area contributed by atoms with Gasteiger partial charge < -0.3 is 20.1 Å². The van der Waals surface area contributed by atoms with Gasteiger partial charge in [-0.05, 0) is 24.8 Å². The van der Waals surface area contributed by atoms with Gasteiger partial charge in [0.2, 0.25) is 0 Å². The molecule has 6 heteroatoms. The molecule has 2 rings (SSSR count). The monoisotopic (exact) mass is 299 g/mol. The lowest BCUT2D eigenvalue weighted by Crippen LogP contribution is -2.53. The van der Waals surface area contributed by atoms with Crippen molar-refractivity contribution in [1.82, 2.24) is 4.90 Å². The molecule has 0 spiro atoms. The van der Waals surface area contributed by atoms with Crippen LogP contribution in [0.5, 0.6) is 0 Å². The largest absolute Gasteiger partial charge is 0.459 e. The first kappa shape index (κ1) is 16.4. The van der Waals surface area contributed by atoms with Gasteiger partial charge in [-0.3, -0.25) is 4.90 Å². The van der Waals surface area contributed by atoms with E-state index in [1.807, 2.05) is 6.08 Å². The molecule has 0 saturated carbocycles. The maximum Gasteiger partial charge on any atom is 0.341 e. The Hall–Kier alpha value is -0.950. The number of esters is 1. The predicted molar refractivity (Wildman–Crippen MR) is 76.5 cm³/mol. The molecule has 0 aromatic heterocycles. The third kappa shape index (κ3) is 2.85. The zero-order chi connectivity index (χ0) is 15.8. The molecule has 2 aliphatic rings. The number of ether oxygens (including phenoxy) is 1. The van der Waals surface area contributed by atoms with Crippen LogP contribution in [0, 0.1) is 5.92 Å². The van der Waals surface area contributed by atoms with Gasteiger partial charge in [0.15, 0.2) is 5.60 Å². The standard InChI is InChI=1S/C15H25NO5/c1-9(2)15(20,10(3)17)14(19)21-8-11-4-6-16-7-5-12(18)13(11)16/h4,9-10,12-13,17-18,20H,5-8H2,1-3H3/t10?,12-,13?,15?/m0/s1. The Morgan fingerprint density at radius 1 is 1.52 bits per heavy atom. The van der Waals surface area contributed by atoms with Crippen LogP contribution in [0.15, 0.2) is 11.6 Å². The van der Waals surface area contributed by atoms with Crippen molar-refractivity contribution in [3.8, 4) is 0 Å². The average molecular weight is 299 g/mol. The van der Waals surface area contributed by atoms with Crippen LogP contribution in [-0.4, -0.2) is 69.7 Å². The lowest BCUT2D eigenvalue weighted by atomic mass is 9.85. The highest BCUT2D eigenvalue weighted by atomic mass is 16.6. The van der Waals surface area contributed by atoms with Crippen LogP contribution >= 0.6 is 0 Å². The molecule has 2 aliphatic heterocycles. The van der Waals surface area contributed by atoms with Crippen molar-refractivity contribution in [2.45, 2.75) is 51.0 Å². The Balaban J connectivity index is 1.98. The van der Waals surface area contributed by atoms with E-state index in [0.29, 0.717) is 0 Å². The molecule has 0 radical (unpaired) electrons. The number of hydrogen-bond acceptors (Lipinski definition) is 6. The predicted octanol–water partition coefficient (Wildman–Crippen LogP) is -0.327. The second-order valence-electron chi connectivity index (χ2n) is 6.31. The summed E-state index contributed by atoms with van der Waals surface area (Å²) in [7, 11) is 0. The highest BCUT2D eigenvalue weighted by Crippen LogP contribution is 2.30. The molecule has 120 valence electrons. The fraction of sp³-hybridized carbons (Fsp3) is 0.800. The molecule has 1 fully saturated rings. The van der Waals surface area contributed by atoms with Gasteiger partial charge in [-0.25, -0.2) is 4.79 Å². The van der Waals surface area contributed by atoms with Gasteiger partial charge in [0.1, 0.15) is 6.61 Å². The van der Waals surface area contributed by atoms with Gasteiger partial charge >= 0.3 is 5.97 Å². The van der Waals surface area contributed by atoms with E-state index >= 15 is 0 Å². The van der Waals surface area contributed by atoms with Gasteiger partial charge in [-0.1, -0.05) is 19.9 Å². The molecular formula is C15H25NO5. The first-order valence-corrected chi connectivity index (χ1v) is 7.47. The normalized spacial score (nSPS) is 30.0. The van der Waals surface area contributed by atoms with Crippen molar-refractivity contribution in [3.05, 3.63) is 11.6 Å². The van der Waals surface area contributed by atoms with Crippen molar-refractivity contribution in [2.24, 2.45) is 5.92 Å². The Morgan fingerprint density at radius 2 is 2.19 bits per heavy atom. The van der Waals surface area contributed by atoms with E-state index in [9.17, 15) is 20.1 Å². The number of aliphatic hydroxyl groups is 3. The van der Waals surface area contributed by atoms with Crippen molar-refractivity contribution in [2.75, 3.05) is 19.7 Å². The molecule has 2 heterocycles. The topological polar surface area (TPSA) is 90.2 Å². The summed E-state index contributed by atoms with van der Waals surface area (Å²) in [4.78, 5) is 14.3. The van der Waals surface area contributed by atoms with E-state index in [2.05, 4.69) is 4.90 Å². The minimum absolute atomic E-state index is 0.0405. The van der Waals surface area contributed by atoms with Gasteiger partial charge in [-0.15, -0.1) is 0 Å². The lowest BCUT2D eigenvalue weighted by Gasteiger charge is -2.32. The number of carbonyl (C=O) groups excluding carboxylic acids is 1. The Bertz CT molecular complexity index is 424. The molecule has 4 atom stereocenters. The van der Waals surface area contributed by atoms with Gasteiger partial charge in [0.05, 0.1) is 18.2 Å². The molecular weight excluding hydrogens is 274 g/mol. The number of carbonyl (C=O) groups is 1. The second-order valence-corrected chi connectivity index (χ2v) is 6.31. The molecule has 6 nitrogen and oxygen atoms in total. The number of hydrogen-bond donors (Lipinski definition) is 3. The van der Waals surface area contributed by atoms with Crippen molar-refractivity contribution in [3.63, 3.8) is 0 Å². The minimum Gasteiger partial charge on any atom is -0.459 e. The van der Waals surface area contributed by atoms with Gasteiger partial charge in [-0.2, -0.15) is 0 Å². The van der Waals surface area contributed by atoms with E-state index in [-0.39, 0.29) is 12.6 Å². The second kappa shape index (κ2) is 6.04. The van der Waals surface area contributed by atoms with E-state index < -0.39 is 29.7 Å². The minimum atomic E-state index is -1.91. The molecule has 21 heavy (non-hydrogen) atoms. The highest BCUT2D eigenvalue weighted by molar-refractivity contribution is 5.80. The number of fused-ring (bicyclic) bond motifs is 1. The van der Waals surface area contributed by atoms with Crippen LogP contribution in [0.1, 0.15) is 27.2 Å². The van der Waals surface area contributed by atoms with Gasteiger partial charge in [0.25, 0.3) is 0 Å². The van der Waals surface area contributed by atoms with Crippen LogP contribution in [-0.2, 0) is 9.53 Å². The molecule has 3 N–H and O–H groups in total. The van der Waals surface area contributed by atoms with E-state index in [1.54, 1.807) is 13.8 Å². The summed E-state index contributed by atoms with van der Waals surface area (Å²) < 4.78 is 5.22. The Morgan fingerprint density at radius 3 is 2.76 bits per heavy atom. The fourth-order valence-electron chi connectivity index (χ4n) is 3.18. The maximum atomic E-state index is 12.1. The molecule has 0 aromatic rings. The summed E-state index contributed by atoms with van der Waals surface area (Å²) in [6, 6.07) is -0.0866. The molecule has 0 aromatic carbocycles. The zero-order valence-corrected chi connectivity index (χ0v) is 12.8. The van der Waals surface area contributed by atoms with Crippen molar-refractivity contribution < 1.29 is 24.9 Å². The maximum absolute atomic E-state index is 12.1. The van der Waals surface area contributed by atoms with Crippen LogP contribution < -0.4 is 0 Å². The summed E-state index contributed by atoms with van der Waals surface area (Å²) in [5, 5.41) is 30.0. The smallest absolute Gasteiger partial charge is 0.341 e. The quantitative estimate of drug-likeness (QED) is 0.476. The molecule has 0 amide bonds. The summed E-state index contributed by atoms with van der Waals surface area (Å²) in [6.45, 7) is 6.32. The Kier molecular flexibility index (Phi) is 4.72. The summed E-state index contributed by atoms with van der Waals surface area (Å²) in [5.74, 6) is -1.28. The Labute approximate surface area is 125 Å². The zero-order valence-electron chi connectivity index (χ0n) is 12.8. The van der Waals surface area contributed by atoms with Gasteiger partial charge in [0, 0.05) is 13.1 Å². The fourth-order valence-corrected chi connectivity index (χ4v) is 3.18. The van der Waals surface area contributed by atoms with Crippen LogP contribution in [0.25, 0.3) is 0 Å². The third-order valence-corrected chi connectivity index (χ3v) is 4.65. The van der Waals surface area contributed by atoms with Crippen LogP contribution in [0.3, 0.4) is 0 Å². The first-order chi connectivity index (χ1) is 9.78. The highest BCUT2D eigenvalue weighted by Gasteiger charge is 2.46. The molecule has 0 aliphatic carbocycles. The van der Waals surface area contributed by atoms with Crippen LogP contribution in [0.4, 0.5) is 0 Å². The van der Waals surface area contributed by atoms with Crippen molar-refractivity contribution in [1.29, 1.82) is 0 Å². The van der Waals surface area contributed by atoms with E-state index in [1.165, 1.54) is 6.92 Å². The third-order valence-electron chi connectivity index (χ3n) is 4.65. The average Bonchev–Trinajstić information content (AvgIpc) is 2.98. The summed E-state index contributed by atoms with van der Waals surface area (Å²) >= 11 is 0. The first-order valence-electron chi connectivity index (χ1n) is 7.47. The summed E-state index contributed by atoms with van der Waals surface area (Å²) in [6.07, 6.45) is 1.03. The SMILES string of the molecule is CC(C)C(O)(C(=O)OCC1=CCN2CC[C@H](O)C12)C(C)O.